The van der Waals surface area contributed by atoms with E-state index in [1.54, 1.807) is 6.08 Å². The Morgan fingerprint density at radius 3 is 2.62 bits per heavy atom. The molecule has 3 rings (SSSR count). The monoisotopic (exact) mass is 304 g/mol. The second-order valence-corrected chi connectivity index (χ2v) is 6.12. The Balaban J connectivity index is 1.89. The summed E-state index contributed by atoms with van der Waals surface area (Å²) in [6.07, 6.45) is 6.35. The average Bonchev–Trinajstić information content (AvgIpc) is 2.97. The Morgan fingerprint density at radius 1 is 1.19 bits per heavy atom. The Kier molecular flexibility index (Phi) is 3.88. The first-order valence-electron chi connectivity index (χ1n) is 7.09. The van der Waals surface area contributed by atoms with Gasteiger partial charge in [0, 0.05) is 6.04 Å². The lowest BCUT2D eigenvalue weighted by Crippen LogP contribution is -2.58. The molecule has 1 saturated carbocycles. The van der Waals surface area contributed by atoms with Crippen LogP contribution in [0.25, 0.3) is 6.08 Å². The highest BCUT2D eigenvalue weighted by atomic mass is 32.1. The fourth-order valence-corrected chi connectivity index (χ4v) is 3.48. The van der Waals surface area contributed by atoms with Gasteiger partial charge in [-0.15, -0.1) is 0 Å². The molecule has 2 aliphatic rings. The summed E-state index contributed by atoms with van der Waals surface area (Å²) >= 11 is 1.49. The zero-order valence-electron chi connectivity index (χ0n) is 11.5. The fraction of sp³-hybridized carbons (Fsp3) is 0.400. The van der Waals surface area contributed by atoms with E-state index in [1.807, 2.05) is 16.8 Å². The Morgan fingerprint density at radius 2 is 1.95 bits per heavy atom. The van der Waals surface area contributed by atoms with Crippen molar-refractivity contribution in [1.82, 2.24) is 10.2 Å². The van der Waals surface area contributed by atoms with Crippen LogP contribution in [0.1, 0.15) is 37.7 Å². The van der Waals surface area contributed by atoms with Crippen molar-refractivity contribution in [3.8, 4) is 0 Å². The Hall–Kier alpha value is -1.95. The van der Waals surface area contributed by atoms with E-state index in [1.165, 1.54) is 16.2 Å². The molecule has 5 nitrogen and oxygen atoms in total. The molecule has 6 heteroatoms. The molecular formula is C15H16N2O3S. The summed E-state index contributed by atoms with van der Waals surface area (Å²) in [6.45, 7) is 0. The summed E-state index contributed by atoms with van der Waals surface area (Å²) in [5.74, 6) is -1.08. The van der Waals surface area contributed by atoms with Gasteiger partial charge in [0.05, 0.1) is 0 Å². The molecule has 1 aliphatic heterocycles. The van der Waals surface area contributed by atoms with Crippen molar-refractivity contribution in [3.05, 3.63) is 28.0 Å². The number of barbiturate groups is 1. The van der Waals surface area contributed by atoms with Crippen molar-refractivity contribution in [2.45, 2.75) is 38.1 Å². The van der Waals surface area contributed by atoms with Crippen molar-refractivity contribution in [2.75, 3.05) is 0 Å². The first-order chi connectivity index (χ1) is 10.2. The molecule has 2 fully saturated rings. The number of nitrogens with one attached hydrogen (secondary N) is 1. The van der Waals surface area contributed by atoms with Crippen LogP contribution in [0.2, 0.25) is 0 Å². The number of thiophene rings is 1. The van der Waals surface area contributed by atoms with Gasteiger partial charge in [-0.1, -0.05) is 19.3 Å². The molecule has 0 aromatic carbocycles. The van der Waals surface area contributed by atoms with Gasteiger partial charge < -0.3 is 0 Å². The molecule has 110 valence electrons. The molecule has 1 saturated heterocycles. The van der Waals surface area contributed by atoms with Gasteiger partial charge in [0.1, 0.15) is 5.57 Å². The number of amides is 4. The van der Waals surface area contributed by atoms with Gasteiger partial charge in [-0.25, -0.2) is 4.79 Å². The minimum absolute atomic E-state index is 0.0403. The smallest absolute Gasteiger partial charge is 0.273 e. The maximum absolute atomic E-state index is 12.6. The predicted molar refractivity (Wildman–Crippen MR) is 79.6 cm³/mol. The molecule has 1 N–H and O–H groups in total. The van der Waals surface area contributed by atoms with Gasteiger partial charge >= 0.3 is 6.03 Å². The topological polar surface area (TPSA) is 66.5 Å². The third-order valence-electron chi connectivity index (χ3n) is 3.93. The van der Waals surface area contributed by atoms with Crippen LogP contribution in [-0.2, 0) is 9.59 Å². The van der Waals surface area contributed by atoms with E-state index < -0.39 is 17.8 Å². The third-order valence-corrected chi connectivity index (χ3v) is 4.63. The lowest BCUT2D eigenvalue weighted by molar-refractivity contribution is -0.132. The quantitative estimate of drug-likeness (QED) is 0.674. The van der Waals surface area contributed by atoms with E-state index in [0.717, 1.165) is 37.7 Å². The van der Waals surface area contributed by atoms with Crippen molar-refractivity contribution >= 4 is 35.3 Å². The number of carbonyl (C=O) groups excluding carboxylic acids is 3. The molecule has 21 heavy (non-hydrogen) atoms. The minimum Gasteiger partial charge on any atom is -0.273 e. The molecule has 1 aliphatic carbocycles. The number of urea groups is 1. The highest BCUT2D eigenvalue weighted by Crippen LogP contribution is 2.26. The molecule has 2 heterocycles. The number of imide groups is 2. The number of rotatable bonds is 2. The number of hydrogen-bond acceptors (Lipinski definition) is 4. The number of carbonyl (C=O) groups is 3. The maximum atomic E-state index is 12.6. The van der Waals surface area contributed by atoms with Crippen molar-refractivity contribution < 1.29 is 14.4 Å². The summed E-state index contributed by atoms with van der Waals surface area (Å²) in [5, 5.41) is 6.01. The van der Waals surface area contributed by atoms with Gasteiger partial charge in [-0.3, -0.25) is 19.8 Å². The fourth-order valence-electron chi connectivity index (χ4n) is 2.87. The Bertz CT molecular complexity index is 600. The molecule has 0 bridgehead atoms. The molecule has 4 amide bonds. The van der Waals surface area contributed by atoms with E-state index >= 15 is 0 Å². The number of nitrogens with zero attached hydrogens (tertiary/aromatic N) is 1. The van der Waals surface area contributed by atoms with Gasteiger partial charge in [0.25, 0.3) is 11.8 Å². The first-order valence-corrected chi connectivity index (χ1v) is 8.04. The van der Waals surface area contributed by atoms with Crippen LogP contribution in [0.4, 0.5) is 4.79 Å². The highest BCUT2D eigenvalue weighted by molar-refractivity contribution is 7.08. The van der Waals surface area contributed by atoms with Crippen LogP contribution >= 0.6 is 11.3 Å². The van der Waals surface area contributed by atoms with E-state index in [4.69, 9.17) is 0 Å². The number of hydrogen-bond donors (Lipinski definition) is 1. The zero-order chi connectivity index (χ0) is 14.8. The molecule has 0 spiro atoms. The summed E-state index contributed by atoms with van der Waals surface area (Å²) in [5.41, 5.74) is 0.843. The normalized spacial score (nSPS) is 22.8. The van der Waals surface area contributed by atoms with Crippen molar-refractivity contribution in [2.24, 2.45) is 0 Å². The maximum Gasteiger partial charge on any atom is 0.331 e. The van der Waals surface area contributed by atoms with Crippen LogP contribution in [0.3, 0.4) is 0 Å². The van der Waals surface area contributed by atoms with Gasteiger partial charge in [-0.05, 0) is 41.3 Å². The lowest BCUT2D eigenvalue weighted by Gasteiger charge is -2.35. The first kappa shape index (κ1) is 14.0. The third kappa shape index (κ3) is 2.76. The van der Waals surface area contributed by atoms with Gasteiger partial charge in [0.15, 0.2) is 0 Å². The van der Waals surface area contributed by atoms with E-state index in [9.17, 15) is 14.4 Å². The highest BCUT2D eigenvalue weighted by Gasteiger charge is 2.40. The molecule has 0 atom stereocenters. The molecule has 0 radical (unpaired) electrons. The standard InChI is InChI=1S/C15H16N2O3S/c18-13-12(8-10-6-7-21-9-10)14(19)17(15(20)16-13)11-4-2-1-3-5-11/h6-9,11H,1-5H2,(H,16,18,20). The van der Waals surface area contributed by atoms with Crippen LogP contribution in [-0.4, -0.2) is 28.8 Å². The molecule has 0 unspecified atom stereocenters. The summed E-state index contributed by atoms with van der Waals surface area (Å²) in [7, 11) is 0. The van der Waals surface area contributed by atoms with E-state index in [-0.39, 0.29) is 11.6 Å². The van der Waals surface area contributed by atoms with Crippen molar-refractivity contribution in [1.29, 1.82) is 0 Å². The van der Waals surface area contributed by atoms with Crippen molar-refractivity contribution in [3.63, 3.8) is 0 Å². The summed E-state index contributed by atoms with van der Waals surface area (Å²) in [4.78, 5) is 37.7. The van der Waals surface area contributed by atoms with E-state index in [0.29, 0.717) is 0 Å². The Labute approximate surface area is 126 Å². The van der Waals surface area contributed by atoms with Gasteiger partial charge in [0.2, 0.25) is 0 Å². The largest absolute Gasteiger partial charge is 0.331 e. The summed E-state index contributed by atoms with van der Waals surface area (Å²) in [6, 6.07) is 1.16. The molecular weight excluding hydrogens is 288 g/mol. The van der Waals surface area contributed by atoms with Crippen LogP contribution in [0.5, 0.6) is 0 Å². The van der Waals surface area contributed by atoms with Gasteiger partial charge in [-0.2, -0.15) is 11.3 Å². The predicted octanol–water partition coefficient (Wildman–Crippen LogP) is 2.54. The minimum atomic E-state index is -0.608. The summed E-state index contributed by atoms with van der Waals surface area (Å²) < 4.78 is 0. The SMILES string of the molecule is O=C1NC(=O)N(C2CCCCC2)C(=O)C1=Cc1ccsc1. The molecule has 1 aromatic heterocycles. The zero-order valence-corrected chi connectivity index (χ0v) is 12.3. The van der Waals surface area contributed by atoms with Crippen LogP contribution < -0.4 is 5.32 Å². The second-order valence-electron chi connectivity index (χ2n) is 5.34. The van der Waals surface area contributed by atoms with Crippen LogP contribution in [0.15, 0.2) is 22.4 Å². The van der Waals surface area contributed by atoms with E-state index in [2.05, 4.69) is 5.32 Å². The second kappa shape index (κ2) is 5.81. The lowest BCUT2D eigenvalue weighted by atomic mass is 9.93. The average molecular weight is 304 g/mol. The van der Waals surface area contributed by atoms with Crippen LogP contribution in [0, 0.1) is 0 Å². The molecule has 1 aromatic rings.